The first-order valence-electron chi connectivity index (χ1n) is 11.1. The van der Waals surface area contributed by atoms with Crippen molar-refractivity contribution in [2.24, 2.45) is 12.8 Å². The summed E-state index contributed by atoms with van der Waals surface area (Å²) >= 11 is 12.4. The third-order valence-corrected chi connectivity index (χ3v) is 6.54. The molecule has 194 valence electrons. The van der Waals surface area contributed by atoms with Crippen molar-refractivity contribution in [2.75, 3.05) is 24.3 Å². The number of rotatable bonds is 7. The summed E-state index contributed by atoms with van der Waals surface area (Å²) in [4.78, 5) is 35.7. The molecule has 1 aromatic carbocycles. The predicted molar refractivity (Wildman–Crippen MR) is 144 cm³/mol. The molecule has 0 aliphatic heterocycles. The molecule has 4 aromatic rings. The standard InChI is InChI=1S/C24H25Cl2N7O4/c1-11-29-23-20(24(37)32(11)4)14(12-5-13(22(27)36)21(35)15(25)6-12)9-33(23)10-19(34)30-17-7-18(31(2)3)28-8-16(17)26/h5-9,19,34-35H,10H2,1-4H3,(H2,27,36)(H,28,30). The molecule has 1 atom stereocenters. The van der Waals surface area contributed by atoms with Crippen molar-refractivity contribution in [3.05, 3.63) is 62.4 Å². The number of nitrogens with two attached hydrogens (primary N) is 1. The van der Waals surface area contributed by atoms with Crippen LogP contribution in [0.4, 0.5) is 11.5 Å². The van der Waals surface area contributed by atoms with Crippen LogP contribution in [0, 0.1) is 6.92 Å². The van der Waals surface area contributed by atoms with E-state index in [0.29, 0.717) is 39.1 Å². The molecule has 37 heavy (non-hydrogen) atoms. The summed E-state index contributed by atoms with van der Waals surface area (Å²) in [7, 11) is 5.25. The Hall–Kier alpha value is -3.80. The van der Waals surface area contributed by atoms with Gasteiger partial charge in [-0.25, -0.2) is 9.97 Å². The summed E-state index contributed by atoms with van der Waals surface area (Å²) in [5, 5.41) is 24.5. The molecule has 5 N–H and O–H groups in total. The number of carbonyl (C=O) groups is 1. The number of nitrogens with zero attached hydrogens (tertiary/aromatic N) is 5. The number of phenols is 1. The molecule has 13 heteroatoms. The van der Waals surface area contributed by atoms with Crippen molar-refractivity contribution in [2.45, 2.75) is 19.7 Å². The second kappa shape index (κ2) is 9.92. The molecule has 4 rings (SSSR count). The fourth-order valence-electron chi connectivity index (χ4n) is 3.91. The van der Waals surface area contributed by atoms with Crippen molar-refractivity contribution >= 4 is 51.6 Å². The van der Waals surface area contributed by atoms with Gasteiger partial charge in [0.15, 0.2) is 0 Å². The number of amides is 1. The third-order valence-electron chi connectivity index (χ3n) is 5.95. The van der Waals surface area contributed by atoms with Crippen LogP contribution in [0.5, 0.6) is 5.75 Å². The van der Waals surface area contributed by atoms with E-state index in [1.54, 1.807) is 35.7 Å². The molecule has 3 heterocycles. The van der Waals surface area contributed by atoms with Gasteiger partial charge in [0.2, 0.25) is 0 Å². The van der Waals surface area contributed by atoms with E-state index in [-0.39, 0.29) is 28.1 Å². The average molecular weight is 546 g/mol. The van der Waals surface area contributed by atoms with Crippen molar-refractivity contribution in [3.63, 3.8) is 0 Å². The van der Waals surface area contributed by atoms with E-state index in [1.807, 2.05) is 14.1 Å². The number of carbonyl (C=O) groups excluding carboxylic acids is 1. The molecule has 1 unspecified atom stereocenters. The van der Waals surface area contributed by atoms with E-state index in [2.05, 4.69) is 15.3 Å². The van der Waals surface area contributed by atoms with Gasteiger partial charge in [0, 0.05) is 45.2 Å². The van der Waals surface area contributed by atoms with E-state index in [1.165, 1.54) is 22.9 Å². The Morgan fingerprint density at radius 1 is 1.24 bits per heavy atom. The lowest BCUT2D eigenvalue weighted by Crippen LogP contribution is -2.26. The summed E-state index contributed by atoms with van der Waals surface area (Å²) in [6.07, 6.45) is 1.97. The number of nitrogens with one attached hydrogen (secondary N) is 1. The molecule has 3 aromatic heterocycles. The van der Waals surface area contributed by atoms with Gasteiger partial charge in [-0.2, -0.15) is 0 Å². The molecule has 0 aliphatic carbocycles. The lowest BCUT2D eigenvalue weighted by Gasteiger charge is -2.18. The van der Waals surface area contributed by atoms with Gasteiger partial charge in [-0.05, 0) is 24.6 Å². The van der Waals surface area contributed by atoms with Crippen molar-refractivity contribution in [3.8, 4) is 16.9 Å². The van der Waals surface area contributed by atoms with Crippen molar-refractivity contribution < 1.29 is 15.0 Å². The highest BCUT2D eigenvalue weighted by molar-refractivity contribution is 6.33. The topological polar surface area (TPSA) is 152 Å². The molecule has 0 saturated heterocycles. The highest BCUT2D eigenvalue weighted by atomic mass is 35.5. The minimum absolute atomic E-state index is 0.0133. The number of pyridine rings is 1. The Kier molecular flexibility index (Phi) is 7.05. The lowest BCUT2D eigenvalue weighted by molar-refractivity contribution is 0.0997. The Morgan fingerprint density at radius 2 is 1.95 bits per heavy atom. The average Bonchev–Trinajstić information content (AvgIpc) is 3.18. The van der Waals surface area contributed by atoms with E-state index in [9.17, 15) is 19.8 Å². The second-order valence-corrected chi connectivity index (χ2v) is 9.53. The lowest BCUT2D eigenvalue weighted by atomic mass is 10.0. The highest BCUT2D eigenvalue weighted by Crippen LogP contribution is 2.36. The van der Waals surface area contributed by atoms with Gasteiger partial charge in [0.05, 0.1) is 33.2 Å². The SMILES string of the molecule is Cc1nc2c(c(-c3cc(Cl)c(O)c(C(N)=O)c3)cn2CC(O)Nc2cc(N(C)C)ncc2Cl)c(=O)n1C. The maximum atomic E-state index is 13.3. The number of aryl methyl sites for hydroxylation is 1. The van der Waals surface area contributed by atoms with Gasteiger partial charge < -0.3 is 30.7 Å². The van der Waals surface area contributed by atoms with E-state index >= 15 is 0 Å². The first-order valence-corrected chi connectivity index (χ1v) is 11.8. The Morgan fingerprint density at radius 3 is 2.59 bits per heavy atom. The zero-order chi connectivity index (χ0) is 27.2. The third kappa shape index (κ3) is 4.93. The number of aromatic hydroxyl groups is 1. The summed E-state index contributed by atoms with van der Waals surface area (Å²) in [6.45, 7) is 1.68. The number of halogens is 2. The fourth-order valence-corrected chi connectivity index (χ4v) is 4.29. The van der Waals surface area contributed by atoms with Gasteiger partial charge in [-0.15, -0.1) is 0 Å². The molecule has 0 bridgehead atoms. The Balaban J connectivity index is 1.82. The molecular weight excluding hydrogens is 521 g/mol. The van der Waals surface area contributed by atoms with Gasteiger partial charge in [0.1, 0.15) is 29.3 Å². The molecule has 0 aliphatic rings. The number of benzene rings is 1. The van der Waals surface area contributed by atoms with Crippen LogP contribution in [0.25, 0.3) is 22.2 Å². The zero-order valence-corrected chi connectivity index (χ0v) is 22.0. The normalized spacial score (nSPS) is 12.1. The number of anilines is 2. The Bertz CT molecular complexity index is 1600. The van der Waals surface area contributed by atoms with E-state index in [0.717, 1.165) is 0 Å². The molecule has 0 spiro atoms. The number of fused-ring (bicyclic) bond motifs is 1. The quantitative estimate of drug-likeness (QED) is 0.258. The van der Waals surface area contributed by atoms with Crippen LogP contribution in [0.1, 0.15) is 16.2 Å². The summed E-state index contributed by atoms with van der Waals surface area (Å²) in [6, 6.07) is 4.48. The first kappa shape index (κ1) is 26.3. The van der Waals surface area contributed by atoms with Crippen LogP contribution in [-0.4, -0.2) is 55.5 Å². The minimum atomic E-state index is -1.13. The first-order chi connectivity index (χ1) is 17.4. The summed E-state index contributed by atoms with van der Waals surface area (Å²) in [5.74, 6) is -0.226. The van der Waals surface area contributed by atoms with E-state index < -0.39 is 17.9 Å². The number of aliphatic hydroxyl groups is 1. The summed E-state index contributed by atoms with van der Waals surface area (Å²) in [5.41, 5.74) is 6.44. The molecule has 0 fully saturated rings. The molecule has 11 nitrogen and oxygen atoms in total. The second-order valence-electron chi connectivity index (χ2n) is 8.71. The molecule has 0 radical (unpaired) electrons. The maximum absolute atomic E-state index is 13.3. The van der Waals surface area contributed by atoms with Crippen LogP contribution >= 0.6 is 23.2 Å². The van der Waals surface area contributed by atoms with Gasteiger partial charge in [0.25, 0.3) is 11.5 Å². The van der Waals surface area contributed by atoms with Crippen LogP contribution in [0.15, 0.2) is 35.4 Å². The van der Waals surface area contributed by atoms with Gasteiger partial charge in [-0.3, -0.25) is 14.2 Å². The number of hydrogen-bond acceptors (Lipinski definition) is 8. The van der Waals surface area contributed by atoms with Crippen LogP contribution < -0.4 is 21.5 Å². The fraction of sp³-hybridized carbons (Fsp3) is 0.250. The van der Waals surface area contributed by atoms with Crippen LogP contribution in [0.3, 0.4) is 0 Å². The van der Waals surface area contributed by atoms with Crippen LogP contribution in [0.2, 0.25) is 10.0 Å². The number of aliphatic hydroxyl groups excluding tert-OH is 1. The van der Waals surface area contributed by atoms with Crippen LogP contribution in [-0.2, 0) is 13.6 Å². The molecule has 1 amide bonds. The Labute approximate surface area is 221 Å². The smallest absolute Gasteiger partial charge is 0.263 e. The number of aromatic nitrogens is 4. The molecule has 0 saturated carbocycles. The van der Waals surface area contributed by atoms with Crippen molar-refractivity contribution in [1.82, 2.24) is 19.1 Å². The molecular formula is C24H25Cl2N7O4. The number of primary amides is 1. The zero-order valence-electron chi connectivity index (χ0n) is 20.5. The van der Waals surface area contributed by atoms with Gasteiger partial charge in [-0.1, -0.05) is 23.2 Å². The number of hydrogen-bond donors (Lipinski definition) is 4. The van der Waals surface area contributed by atoms with Gasteiger partial charge >= 0.3 is 0 Å². The minimum Gasteiger partial charge on any atom is -0.506 e. The largest absolute Gasteiger partial charge is 0.506 e. The van der Waals surface area contributed by atoms with E-state index in [4.69, 9.17) is 28.9 Å². The maximum Gasteiger partial charge on any atom is 0.263 e. The van der Waals surface area contributed by atoms with Crippen molar-refractivity contribution in [1.29, 1.82) is 0 Å². The monoisotopic (exact) mass is 545 g/mol. The highest BCUT2D eigenvalue weighted by Gasteiger charge is 2.22. The predicted octanol–water partition coefficient (Wildman–Crippen LogP) is 2.71. The summed E-state index contributed by atoms with van der Waals surface area (Å²) < 4.78 is 3.00.